The van der Waals surface area contributed by atoms with Gasteiger partial charge in [0.2, 0.25) is 0 Å². The number of aliphatic hydroxyl groups is 1. The van der Waals surface area contributed by atoms with E-state index in [0.29, 0.717) is 6.42 Å². The van der Waals surface area contributed by atoms with Gasteiger partial charge in [-0.2, -0.15) is 0 Å². The second kappa shape index (κ2) is 6.58. The summed E-state index contributed by atoms with van der Waals surface area (Å²) < 4.78 is 9.68. The van der Waals surface area contributed by atoms with Gasteiger partial charge in [0.15, 0.2) is 5.76 Å². The lowest BCUT2D eigenvalue weighted by Crippen LogP contribution is -2.07. The molecule has 0 unspecified atom stereocenters. The minimum atomic E-state index is -0.694. The molecule has 92 valence electrons. The Bertz CT molecular complexity index is 392. The molecule has 4 nitrogen and oxygen atoms in total. The lowest BCUT2D eigenvalue weighted by molar-refractivity contribution is -0.141. The van der Waals surface area contributed by atoms with Crippen molar-refractivity contribution >= 4 is 5.97 Å². The molecule has 0 saturated carbocycles. The monoisotopic (exact) mass is 236 g/mol. The van der Waals surface area contributed by atoms with E-state index in [0.717, 1.165) is 11.3 Å². The van der Waals surface area contributed by atoms with Gasteiger partial charge >= 0.3 is 5.97 Å². The van der Waals surface area contributed by atoms with Gasteiger partial charge < -0.3 is 14.6 Å². The first-order valence-electron chi connectivity index (χ1n) is 5.36. The Balaban J connectivity index is 2.59. The van der Waals surface area contributed by atoms with E-state index >= 15 is 0 Å². The summed E-state index contributed by atoms with van der Waals surface area (Å²) in [5, 5.41) is 9.37. The number of methoxy groups -OCH3 is 1. The molecular formula is C13H16O4. The molecule has 1 rings (SSSR count). The molecule has 0 aromatic heterocycles. The number of hydrogen-bond donors (Lipinski definition) is 1. The van der Waals surface area contributed by atoms with E-state index in [1.54, 1.807) is 14.0 Å². The van der Waals surface area contributed by atoms with Crippen LogP contribution in [0.1, 0.15) is 12.5 Å². The molecule has 0 heterocycles. The highest BCUT2D eigenvalue weighted by Gasteiger charge is 2.06. The van der Waals surface area contributed by atoms with Crippen molar-refractivity contribution in [2.24, 2.45) is 0 Å². The smallest absolute Gasteiger partial charge is 0.373 e. The predicted molar refractivity (Wildman–Crippen MR) is 64.0 cm³/mol. The van der Waals surface area contributed by atoms with E-state index in [4.69, 9.17) is 4.74 Å². The standard InChI is InChI=1S/C13H16O4/c1-3-17-13(15)12(14)9-6-10-4-7-11(16-2)8-5-10/h4-5,7-9,14H,3,6H2,1-2H3. The summed E-state index contributed by atoms with van der Waals surface area (Å²) in [7, 11) is 1.60. The summed E-state index contributed by atoms with van der Waals surface area (Å²) >= 11 is 0. The van der Waals surface area contributed by atoms with Gasteiger partial charge in [-0.25, -0.2) is 4.79 Å². The summed E-state index contributed by atoms with van der Waals surface area (Å²) in [4.78, 5) is 11.1. The highest BCUT2D eigenvalue weighted by Crippen LogP contribution is 2.12. The third kappa shape index (κ3) is 4.18. The Morgan fingerprint density at radius 1 is 1.35 bits per heavy atom. The number of aliphatic hydroxyl groups excluding tert-OH is 1. The molecule has 0 spiro atoms. The Morgan fingerprint density at radius 3 is 2.53 bits per heavy atom. The molecule has 0 aliphatic rings. The van der Waals surface area contributed by atoms with E-state index in [1.807, 2.05) is 24.3 Å². The number of carbonyl (C=O) groups is 1. The van der Waals surface area contributed by atoms with Crippen LogP contribution in [-0.2, 0) is 16.0 Å². The lowest BCUT2D eigenvalue weighted by atomic mass is 10.1. The van der Waals surface area contributed by atoms with Crippen LogP contribution in [0, 0.1) is 0 Å². The van der Waals surface area contributed by atoms with E-state index in [2.05, 4.69) is 4.74 Å². The number of allylic oxidation sites excluding steroid dienone is 1. The van der Waals surface area contributed by atoms with Crippen LogP contribution >= 0.6 is 0 Å². The maximum absolute atomic E-state index is 11.1. The second-order valence-electron chi connectivity index (χ2n) is 3.36. The lowest BCUT2D eigenvalue weighted by Gasteiger charge is -2.02. The Labute approximate surface area is 100 Å². The topological polar surface area (TPSA) is 55.8 Å². The molecule has 0 aliphatic heterocycles. The van der Waals surface area contributed by atoms with Gasteiger partial charge in [-0.1, -0.05) is 12.1 Å². The highest BCUT2D eigenvalue weighted by atomic mass is 16.5. The molecule has 17 heavy (non-hydrogen) atoms. The fourth-order valence-corrected chi connectivity index (χ4v) is 1.26. The van der Waals surface area contributed by atoms with E-state index < -0.39 is 5.97 Å². The van der Waals surface area contributed by atoms with Gasteiger partial charge in [-0.05, 0) is 37.1 Å². The van der Waals surface area contributed by atoms with Gasteiger partial charge in [0.1, 0.15) is 5.75 Å². The summed E-state index contributed by atoms with van der Waals surface area (Å²) in [6.45, 7) is 1.94. The molecule has 0 fully saturated rings. The van der Waals surface area contributed by atoms with Crippen molar-refractivity contribution in [3.8, 4) is 5.75 Å². The maximum Gasteiger partial charge on any atom is 0.373 e. The SMILES string of the molecule is CCOC(=O)C(O)=CCc1ccc(OC)cc1. The Hall–Kier alpha value is -1.97. The zero-order valence-corrected chi connectivity index (χ0v) is 9.97. The van der Waals surface area contributed by atoms with Crippen LogP contribution in [0.4, 0.5) is 0 Å². The van der Waals surface area contributed by atoms with Crippen LogP contribution in [0.5, 0.6) is 5.75 Å². The molecule has 0 bridgehead atoms. The molecule has 1 aromatic rings. The largest absolute Gasteiger partial charge is 0.502 e. The Kier molecular flexibility index (Phi) is 5.07. The number of benzene rings is 1. The van der Waals surface area contributed by atoms with E-state index in [9.17, 15) is 9.90 Å². The van der Waals surface area contributed by atoms with Crippen molar-refractivity contribution < 1.29 is 19.4 Å². The van der Waals surface area contributed by atoms with Gasteiger partial charge in [-0.3, -0.25) is 0 Å². The number of ether oxygens (including phenoxy) is 2. The molecule has 0 radical (unpaired) electrons. The number of hydrogen-bond acceptors (Lipinski definition) is 4. The fourth-order valence-electron chi connectivity index (χ4n) is 1.26. The molecule has 0 atom stereocenters. The fraction of sp³-hybridized carbons (Fsp3) is 0.308. The van der Waals surface area contributed by atoms with Crippen LogP contribution < -0.4 is 4.74 Å². The highest BCUT2D eigenvalue weighted by molar-refractivity contribution is 5.85. The summed E-state index contributed by atoms with van der Waals surface area (Å²) in [5.41, 5.74) is 0.974. The van der Waals surface area contributed by atoms with Gasteiger partial charge in [0.05, 0.1) is 13.7 Å². The first kappa shape index (κ1) is 13.1. The van der Waals surface area contributed by atoms with Gasteiger partial charge in [0.25, 0.3) is 0 Å². The normalized spacial score (nSPS) is 11.1. The molecule has 1 N–H and O–H groups in total. The second-order valence-corrected chi connectivity index (χ2v) is 3.36. The molecule has 4 heteroatoms. The first-order chi connectivity index (χ1) is 8.17. The summed E-state index contributed by atoms with van der Waals surface area (Å²) in [6.07, 6.45) is 1.90. The third-order valence-corrected chi connectivity index (χ3v) is 2.17. The van der Waals surface area contributed by atoms with Crippen molar-refractivity contribution in [3.63, 3.8) is 0 Å². The van der Waals surface area contributed by atoms with Gasteiger partial charge in [-0.15, -0.1) is 0 Å². The molecule has 1 aromatic carbocycles. The van der Waals surface area contributed by atoms with Crippen LogP contribution in [-0.4, -0.2) is 24.8 Å². The van der Waals surface area contributed by atoms with E-state index in [-0.39, 0.29) is 12.4 Å². The van der Waals surface area contributed by atoms with Crippen LogP contribution in [0.2, 0.25) is 0 Å². The minimum absolute atomic E-state index is 0.249. The number of carbonyl (C=O) groups excluding carboxylic acids is 1. The molecule has 0 aliphatic carbocycles. The number of esters is 1. The molecular weight excluding hydrogens is 220 g/mol. The summed E-state index contributed by atoms with van der Waals surface area (Å²) in [5.74, 6) is -0.281. The van der Waals surface area contributed by atoms with Crippen molar-refractivity contribution in [1.82, 2.24) is 0 Å². The predicted octanol–water partition coefficient (Wildman–Crippen LogP) is 2.24. The van der Waals surface area contributed by atoms with Crippen molar-refractivity contribution in [3.05, 3.63) is 41.7 Å². The van der Waals surface area contributed by atoms with Crippen molar-refractivity contribution in [1.29, 1.82) is 0 Å². The quantitative estimate of drug-likeness (QED) is 0.484. The summed E-state index contributed by atoms with van der Waals surface area (Å²) in [6, 6.07) is 7.39. The zero-order chi connectivity index (χ0) is 12.7. The third-order valence-electron chi connectivity index (χ3n) is 2.17. The van der Waals surface area contributed by atoms with E-state index in [1.165, 1.54) is 6.08 Å². The van der Waals surface area contributed by atoms with Crippen LogP contribution in [0.15, 0.2) is 36.1 Å². The zero-order valence-electron chi connectivity index (χ0n) is 9.97. The van der Waals surface area contributed by atoms with Crippen LogP contribution in [0.3, 0.4) is 0 Å². The van der Waals surface area contributed by atoms with Crippen molar-refractivity contribution in [2.45, 2.75) is 13.3 Å². The average Bonchev–Trinajstić information content (AvgIpc) is 2.36. The average molecular weight is 236 g/mol. The van der Waals surface area contributed by atoms with Crippen molar-refractivity contribution in [2.75, 3.05) is 13.7 Å². The Morgan fingerprint density at radius 2 is 2.00 bits per heavy atom. The van der Waals surface area contributed by atoms with Gasteiger partial charge in [0, 0.05) is 0 Å². The number of rotatable bonds is 5. The van der Waals surface area contributed by atoms with Crippen LogP contribution in [0.25, 0.3) is 0 Å². The molecule has 0 amide bonds. The molecule has 0 saturated heterocycles. The maximum atomic E-state index is 11.1. The first-order valence-corrected chi connectivity index (χ1v) is 5.36. The minimum Gasteiger partial charge on any atom is -0.502 e.